The van der Waals surface area contributed by atoms with Gasteiger partial charge in [-0.25, -0.2) is 9.97 Å². The highest BCUT2D eigenvalue weighted by molar-refractivity contribution is 5.92. The van der Waals surface area contributed by atoms with Gasteiger partial charge in [0.15, 0.2) is 0 Å². The highest BCUT2D eigenvalue weighted by atomic mass is 16.2. The molecule has 0 aliphatic carbocycles. The maximum absolute atomic E-state index is 12.1. The zero-order chi connectivity index (χ0) is 16.1. The molecule has 1 aliphatic rings. The van der Waals surface area contributed by atoms with Gasteiger partial charge in [-0.3, -0.25) is 9.59 Å². The summed E-state index contributed by atoms with van der Waals surface area (Å²) in [5.41, 5.74) is 0.393. The first-order chi connectivity index (χ1) is 10.5. The van der Waals surface area contributed by atoms with Gasteiger partial charge >= 0.3 is 0 Å². The Kier molecular flexibility index (Phi) is 5.30. The molecule has 1 aromatic rings. The lowest BCUT2D eigenvalue weighted by Gasteiger charge is -2.35. The van der Waals surface area contributed by atoms with Crippen LogP contribution >= 0.6 is 0 Å². The Labute approximate surface area is 130 Å². The van der Waals surface area contributed by atoms with E-state index in [2.05, 4.69) is 20.2 Å². The van der Waals surface area contributed by atoms with Gasteiger partial charge in [-0.1, -0.05) is 6.92 Å². The van der Waals surface area contributed by atoms with E-state index in [9.17, 15) is 9.59 Å². The number of anilines is 1. The molecule has 2 rings (SSSR count). The molecule has 22 heavy (non-hydrogen) atoms. The van der Waals surface area contributed by atoms with Gasteiger partial charge in [0.25, 0.3) is 5.91 Å². The van der Waals surface area contributed by atoms with Crippen molar-refractivity contribution < 1.29 is 9.59 Å². The van der Waals surface area contributed by atoms with E-state index in [1.807, 2.05) is 11.8 Å². The number of carbonyl (C=O) groups is 2. The zero-order valence-corrected chi connectivity index (χ0v) is 13.4. The summed E-state index contributed by atoms with van der Waals surface area (Å²) in [6.07, 6.45) is 0.885. The van der Waals surface area contributed by atoms with Crippen molar-refractivity contribution in [2.75, 3.05) is 37.6 Å². The van der Waals surface area contributed by atoms with Crippen LogP contribution in [-0.4, -0.2) is 59.4 Å². The van der Waals surface area contributed by atoms with Gasteiger partial charge in [0.05, 0.1) is 0 Å². The molecule has 1 fully saturated rings. The second-order valence-corrected chi connectivity index (χ2v) is 5.41. The van der Waals surface area contributed by atoms with Crippen LogP contribution in [0.2, 0.25) is 0 Å². The van der Waals surface area contributed by atoms with Crippen molar-refractivity contribution in [2.24, 2.45) is 0 Å². The molecule has 7 heteroatoms. The lowest BCUT2D eigenvalue weighted by atomic mass is 10.2. The first-order valence-corrected chi connectivity index (χ1v) is 7.65. The first-order valence-electron chi connectivity index (χ1n) is 7.65. The number of hydrogen-bond donors (Lipinski definition) is 1. The molecule has 0 saturated carbocycles. The zero-order valence-electron chi connectivity index (χ0n) is 13.4. The summed E-state index contributed by atoms with van der Waals surface area (Å²) in [4.78, 5) is 36.0. The molecular weight excluding hydrogens is 282 g/mol. The van der Waals surface area contributed by atoms with Crippen LogP contribution in [0.5, 0.6) is 0 Å². The lowest BCUT2D eigenvalue weighted by Crippen LogP contribution is -2.48. The molecule has 0 radical (unpaired) electrons. The molecule has 1 saturated heterocycles. The Morgan fingerprint density at radius 1 is 1.23 bits per heavy atom. The van der Waals surface area contributed by atoms with E-state index in [1.165, 1.54) is 0 Å². The Balaban J connectivity index is 2.10. The molecule has 1 aromatic heterocycles. The van der Waals surface area contributed by atoms with Gasteiger partial charge in [-0.2, -0.15) is 0 Å². The van der Waals surface area contributed by atoms with Gasteiger partial charge in [0.2, 0.25) is 5.91 Å². The number of amides is 2. The second kappa shape index (κ2) is 7.20. The third kappa shape index (κ3) is 3.93. The minimum atomic E-state index is -0.170. The van der Waals surface area contributed by atoms with E-state index >= 15 is 0 Å². The SMILES string of the molecule is CCCNC(=O)c1cc(N2CCN(C(C)=O)CC2)nc(C)n1. The average Bonchev–Trinajstić information content (AvgIpc) is 2.52. The molecule has 1 N–H and O–H groups in total. The van der Waals surface area contributed by atoms with Crippen LogP contribution < -0.4 is 10.2 Å². The normalized spacial score (nSPS) is 14.9. The maximum Gasteiger partial charge on any atom is 0.270 e. The molecule has 120 valence electrons. The lowest BCUT2D eigenvalue weighted by molar-refractivity contribution is -0.129. The van der Waals surface area contributed by atoms with Crippen LogP contribution in [-0.2, 0) is 4.79 Å². The molecule has 0 aromatic carbocycles. The van der Waals surface area contributed by atoms with Gasteiger partial charge in [0, 0.05) is 45.7 Å². The molecule has 7 nitrogen and oxygen atoms in total. The largest absolute Gasteiger partial charge is 0.353 e. The van der Waals surface area contributed by atoms with Gasteiger partial charge in [-0.15, -0.1) is 0 Å². The highest BCUT2D eigenvalue weighted by Gasteiger charge is 2.21. The number of aromatic nitrogens is 2. The fraction of sp³-hybridized carbons (Fsp3) is 0.600. The highest BCUT2D eigenvalue weighted by Crippen LogP contribution is 2.15. The van der Waals surface area contributed by atoms with E-state index in [0.717, 1.165) is 12.2 Å². The minimum Gasteiger partial charge on any atom is -0.353 e. The second-order valence-electron chi connectivity index (χ2n) is 5.41. The van der Waals surface area contributed by atoms with Gasteiger partial charge in [-0.05, 0) is 13.3 Å². The summed E-state index contributed by atoms with van der Waals surface area (Å²) in [6, 6.07) is 1.72. The number of piperazine rings is 1. The molecule has 1 aliphatic heterocycles. The molecule has 0 atom stereocenters. The van der Waals surface area contributed by atoms with Crippen LogP contribution in [0.3, 0.4) is 0 Å². The quantitative estimate of drug-likeness (QED) is 0.881. The van der Waals surface area contributed by atoms with Crippen molar-refractivity contribution in [2.45, 2.75) is 27.2 Å². The Hall–Kier alpha value is -2.18. The maximum atomic E-state index is 12.1. The van der Waals surface area contributed by atoms with Crippen molar-refractivity contribution in [3.8, 4) is 0 Å². The number of hydrogen-bond acceptors (Lipinski definition) is 5. The van der Waals surface area contributed by atoms with Crippen molar-refractivity contribution in [3.63, 3.8) is 0 Å². The number of nitrogens with zero attached hydrogens (tertiary/aromatic N) is 4. The Morgan fingerprint density at radius 2 is 1.91 bits per heavy atom. The summed E-state index contributed by atoms with van der Waals surface area (Å²) in [5.74, 6) is 1.25. The standard InChI is InChI=1S/C15H23N5O2/c1-4-5-16-15(22)13-10-14(18-11(2)17-13)20-8-6-19(7-9-20)12(3)21/h10H,4-9H2,1-3H3,(H,16,22). The van der Waals surface area contributed by atoms with Gasteiger partial charge < -0.3 is 15.1 Å². The van der Waals surface area contributed by atoms with Crippen LogP contribution in [0.1, 0.15) is 36.6 Å². The van der Waals surface area contributed by atoms with Crippen molar-refractivity contribution in [3.05, 3.63) is 17.6 Å². The van der Waals surface area contributed by atoms with E-state index in [4.69, 9.17) is 0 Å². The summed E-state index contributed by atoms with van der Waals surface area (Å²) in [7, 11) is 0. The van der Waals surface area contributed by atoms with Crippen molar-refractivity contribution in [1.29, 1.82) is 0 Å². The number of rotatable bonds is 4. The molecule has 2 amide bonds. The molecule has 0 bridgehead atoms. The smallest absolute Gasteiger partial charge is 0.270 e. The Bertz CT molecular complexity index is 553. The predicted molar refractivity (Wildman–Crippen MR) is 83.9 cm³/mol. The third-order valence-corrected chi connectivity index (χ3v) is 3.64. The van der Waals surface area contributed by atoms with E-state index < -0.39 is 0 Å². The number of carbonyl (C=O) groups excluding carboxylic acids is 2. The fourth-order valence-electron chi connectivity index (χ4n) is 2.41. The van der Waals surface area contributed by atoms with E-state index in [1.54, 1.807) is 19.9 Å². The van der Waals surface area contributed by atoms with Crippen molar-refractivity contribution >= 4 is 17.6 Å². The third-order valence-electron chi connectivity index (χ3n) is 3.64. The van der Waals surface area contributed by atoms with Crippen LogP contribution in [0.4, 0.5) is 5.82 Å². The van der Waals surface area contributed by atoms with Crippen LogP contribution in [0.25, 0.3) is 0 Å². The first kappa shape index (κ1) is 16.2. The molecule has 0 unspecified atom stereocenters. The van der Waals surface area contributed by atoms with Crippen LogP contribution in [0, 0.1) is 6.92 Å². The molecule has 0 spiro atoms. The van der Waals surface area contributed by atoms with Gasteiger partial charge in [0.1, 0.15) is 17.3 Å². The number of nitrogens with one attached hydrogen (secondary N) is 1. The predicted octanol–water partition coefficient (Wildman–Crippen LogP) is 0.593. The van der Waals surface area contributed by atoms with E-state index in [0.29, 0.717) is 44.2 Å². The summed E-state index contributed by atoms with van der Waals surface area (Å²) >= 11 is 0. The average molecular weight is 305 g/mol. The summed E-state index contributed by atoms with van der Waals surface area (Å²) in [6.45, 7) is 8.79. The van der Waals surface area contributed by atoms with E-state index in [-0.39, 0.29) is 11.8 Å². The molecule has 2 heterocycles. The minimum absolute atomic E-state index is 0.0955. The summed E-state index contributed by atoms with van der Waals surface area (Å²) in [5, 5.41) is 2.83. The Morgan fingerprint density at radius 3 is 2.50 bits per heavy atom. The fourth-order valence-corrected chi connectivity index (χ4v) is 2.41. The monoisotopic (exact) mass is 305 g/mol. The number of aryl methyl sites for hydroxylation is 1. The van der Waals surface area contributed by atoms with Crippen molar-refractivity contribution in [1.82, 2.24) is 20.2 Å². The topological polar surface area (TPSA) is 78.4 Å². The molecular formula is C15H23N5O2. The summed E-state index contributed by atoms with van der Waals surface area (Å²) < 4.78 is 0. The van der Waals surface area contributed by atoms with Crippen LogP contribution in [0.15, 0.2) is 6.07 Å².